The summed E-state index contributed by atoms with van der Waals surface area (Å²) < 4.78 is 5.02. The molecule has 0 saturated carbocycles. The Morgan fingerprint density at radius 2 is 2.13 bits per heavy atom. The molecule has 15 heavy (non-hydrogen) atoms. The van der Waals surface area contributed by atoms with Gasteiger partial charge in [0, 0.05) is 13.0 Å². The van der Waals surface area contributed by atoms with Gasteiger partial charge in [0.05, 0.1) is 13.0 Å². The van der Waals surface area contributed by atoms with E-state index in [1.807, 2.05) is 18.2 Å². The molecule has 0 atom stereocenters. The Kier molecular flexibility index (Phi) is 4.84. The summed E-state index contributed by atoms with van der Waals surface area (Å²) in [6.45, 7) is 2.84. The first-order chi connectivity index (χ1) is 7.24. The third-order valence-corrected chi connectivity index (χ3v) is 2.24. The van der Waals surface area contributed by atoms with Gasteiger partial charge in [0.15, 0.2) is 0 Å². The molecular weight excluding hydrogens is 190 g/mol. The summed E-state index contributed by atoms with van der Waals surface area (Å²) >= 11 is 0. The largest absolute Gasteiger partial charge is 0.465 e. The van der Waals surface area contributed by atoms with Gasteiger partial charge in [0.2, 0.25) is 0 Å². The van der Waals surface area contributed by atoms with Crippen LogP contribution in [0, 0.1) is 6.92 Å². The van der Waals surface area contributed by atoms with Crippen LogP contribution in [0.15, 0.2) is 24.3 Å². The average Bonchev–Trinajstić information content (AvgIpc) is 2.21. The molecule has 0 bridgehead atoms. The third-order valence-electron chi connectivity index (χ3n) is 2.24. The molecule has 0 heterocycles. The second-order valence-corrected chi connectivity index (χ2v) is 3.44. The molecule has 3 heteroatoms. The number of carbonyl (C=O) groups is 1. The van der Waals surface area contributed by atoms with Crippen molar-refractivity contribution in [3.05, 3.63) is 35.4 Å². The Hall–Kier alpha value is -1.35. The van der Waals surface area contributed by atoms with Gasteiger partial charge in [-0.25, -0.2) is 0 Å². The van der Waals surface area contributed by atoms with Gasteiger partial charge in [-0.05, 0) is 18.1 Å². The van der Waals surface area contributed by atoms with Crippen molar-refractivity contribution in [2.75, 3.05) is 13.2 Å². The van der Waals surface area contributed by atoms with E-state index in [1.165, 1.54) is 11.1 Å². The predicted octanol–water partition coefficient (Wildman–Crippen LogP) is 1.43. The zero-order chi connectivity index (χ0) is 11.1. The highest BCUT2D eigenvalue weighted by molar-refractivity contribution is 5.69. The maximum Gasteiger partial charge on any atom is 0.307 e. The Morgan fingerprint density at radius 3 is 2.80 bits per heavy atom. The summed E-state index contributed by atoms with van der Waals surface area (Å²) in [6.07, 6.45) is 1.07. The van der Waals surface area contributed by atoms with Crippen LogP contribution in [0.1, 0.15) is 17.5 Å². The molecule has 0 fully saturated rings. The molecule has 3 nitrogen and oxygen atoms in total. The van der Waals surface area contributed by atoms with E-state index in [-0.39, 0.29) is 5.97 Å². The lowest BCUT2D eigenvalue weighted by atomic mass is 10.1. The van der Waals surface area contributed by atoms with Crippen molar-refractivity contribution >= 4 is 5.97 Å². The summed E-state index contributed by atoms with van der Waals surface area (Å²) in [5, 5.41) is 0. The van der Waals surface area contributed by atoms with Crippen LogP contribution in [0.4, 0.5) is 0 Å². The Balaban J connectivity index is 2.32. The van der Waals surface area contributed by atoms with Crippen LogP contribution in [0.5, 0.6) is 0 Å². The van der Waals surface area contributed by atoms with E-state index >= 15 is 0 Å². The molecule has 0 saturated heterocycles. The lowest BCUT2D eigenvalue weighted by Crippen LogP contribution is -2.12. The highest BCUT2D eigenvalue weighted by atomic mass is 16.5. The minimum atomic E-state index is -0.217. The monoisotopic (exact) mass is 207 g/mol. The number of benzene rings is 1. The highest BCUT2D eigenvalue weighted by Crippen LogP contribution is 2.07. The molecule has 2 N–H and O–H groups in total. The van der Waals surface area contributed by atoms with Gasteiger partial charge in [0.25, 0.3) is 0 Å². The van der Waals surface area contributed by atoms with Gasteiger partial charge in [-0.3, -0.25) is 4.79 Å². The molecule has 0 unspecified atom stereocenters. The molecule has 1 aromatic carbocycles. The van der Waals surface area contributed by atoms with Gasteiger partial charge in [0.1, 0.15) is 0 Å². The average molecular weight is 207 g/mol. The first-order valence-electron chi connectivity index (χ1n) is 5.14. The van der Waals surface area contributed by atoms with E-state index in [0.717, 1.165) is 6.42 Å². The standard InChI is InChI=1S/C12H17NO2/c1-10-4-2-3-5-11(10)7-9-15-12(14)6-8-13/h2-5H,6-9,13H2,1H3. The fraction of sp³-hybridized carbons (Fsp3) is 0.417. The van der Waals surface area contributed by atoms with Gasteiger partial charge < -0.3 is 10.5 Å². The molecule has 0 spiro atoms. The second kappa shape index (κ2) is 6.19. The second-order valence-electron chi connectivity index (χ2n) is 3.44. The van der Waals surface area contributed by atoms with Gasteiger partial charge in [-0.1, -0.05) is 24.3 Å². The van der Waals surface area contributed by atoms with Crippen molar-refractivity contribution in [1.82, 2.24) is 0 Å². The normalized spacial score (nSPS) is 10.0. The van der Waals surface area contributed by atoms with Crippen LogP contribution in [0.25, 0.3) is 0 Å². The fourth-order valence-electron chi connectivity index (χ4n) is 1.36. The molecule has 0 aliphatic carbocycles. The lowest BCUT2D eigenvalue weighted by molar-refractivity contribution is -0.143. The Bertz CT molecular complexity index is 323. The van der Waals surface area contributed by atoms with E-state index in [0.29, 0.717) is 19.6 Å². The maximum absolute atomic E-state index is 11.0. The number of carbonyl (C=O) groups excluding carboxylic acids is 1. The number of hydrogen-bond acceptors (Lipinski definition) is 3. The maximum atomic E-state index is 11.0. The Morgan fingerprint density at radius 1 is 1.40 bits per heavy atom. The number of hydrogen-bond donors (Lipinski definition) is 1. The van der Waals surface area contributed by atoms with Crippen molar-refractivity contribution in [2.24, 2.45) is 5.73 Å². The van der Waals surface area contributed by atoms with Crippen molar-refractivity contribution in [3.8, 4) is 0 Å². The van der Waals surface area contributed by atoms with Gasteiger partial charge in [-0.15, -0.1) is 0 Å². The molecule has 1 rings (SSSR count). The quantitative estimate of drug-likeness (QED) is 0.743. The first kappa shape index (κ1) is 11.7. The zero-order valence-corrected chi connectivity index (χ0v) is 9.03. The van der Waals surface area contributed by atoms with Gasteiger partial charge in [-0.2, -0.15) is 0 Å². The number of nitrogens with two attached hydrogens (primary N) is 1. The molecule has 0 aliphatic rings. The summed E-state index contributed by atoms with van der Waals surface area (Å²) in [7, 11) is 0. The van der Waals surface area contributed by atoms with Crippen LogP contribution >= 0.6 is 0 Å². The topological polar surface area (TPSA) is 52.3 Å². The summed E-state index contributed by atoms with van der Waals surface area (Å²) in [5.41, 5.74) is 7.69. The van der Waals surface area contributed by atoms with Crippen LogP contribution in [-0.2, 0) is 16.0 Å². The van der Waals surface area contributed by atoms with E-state index in [2.05, 4.69) is 13.0 Å². The fourth-order valence-corrected chi connectivity index (χ4v) is 1.36. The summed E-state index contributed by atoms with van der Waals surface area (Å²) in [5.74, 6) is -0.217. The van der Waals surface area contributed by atoms with Crippen molar-refractivity contribution in [3.63, 3.8) is 0 Å². The summed E-state index contributed by atoms with van der Waals surface area (Å²) in [6, 6.07) is 8.09. The number of esters is 1. The highest BCUT2D eigenvalue weighted by Gasteiger charge is 2.01. The number of ether oxygens (including phenoxy) is 1. The number of rotatable bonds is 5. The van der Waals surface area contributed by atoms with Crippen molar-refractivity contribution in [2.45, 2.75) is 19.8 Å². The van der Waals surface area contributed by atoms with Crippen LogP contribution in [0.2, 0.25) is 0 Å². The van der Waals surface area contributed by atoms with E-state index < -0.39 is 0 Å². The molecule has 0 radical (unpaired) electrons. The van der Waals surface area contributed by atoms with Gasteiger partial charge >= 0.3 is 5.97 Å². The lowest BCUT2D eigenvalue weighted by Gasteiger charge is -2.06. The number of aryl methyl sites for hydroxylation is 1. The van der Waals surface area contributed by atoms with Crippen LogP contribution in [-0.4, -0.2) is 19.1 Å². The smallest absolute Gasteiger partial charge is 0.307 e. The van der Waals surface area contributed by atoms with E-state index in [9.17, 15) is 4.79 Å². The minimum Gasteiger partial charge on any atom is -0.465 e. The van der Waals surface area contributed by atoms with E-state index in [1.54, 1.807) is 0 Å². The van der Waals surface area contributed by atoms with E-state index in [4.69, 9.17) is 10.5 Å². The molecule has 0 amide bonds. The van der Waals surface area contributed by atoms with Crippen molar-refractivity contribution in [1.29, 1.82) is 0 Å². The zero-order valence-electron chi connectivity index (χ0n) is 9.03. The minimum absolute atomic E-state index is 0.217. The molecule has 82 valence electrons. The molecule has 0 aliphatic heterocycles. The SMILES string of the molecule is Cc1ccccc1CCOC(=O)CCN. The molecule has 0 aromatic heterocycles. The van der Waals surface area contributed by atoms with Crippen molar-refractivity contribution < 1.29 is 9.53 Å². The molecule has 1 aromatic rings. The predicted molar refractivity (Wildman–Crippen MR) is 59.5 cm³/mol. The van der Waals surface area contributed by atoms with Crippen LogP contribution < -0.4 is 5.73 Å². The summed E-state index contributed by atoms with van der Waals surface area (Å²) in [4.78, 5) is 11.0. The molecular formula is C12H17NO2. The Labute approximate surface area is 90.2 Å². The van der Waals surface area contributed by atoms with Crippen LogP contribution in [0.3, 0.4) is 0 Å². The third kappa shape index (κ3) is 4.13. The first-order valence-corrected chi connectivity index (χ1v) is 5.14.